The number of nitrogens with two attached hydrogens (primary N) is 1. The Hall–Kier alpha value is -1.42. The van der Waals surface area contributed by atoms with Crippen LogP contribution >= 0.6 is 0 Å². The minimum absolute atomic E-state index is 0.330. The highest BCUT2D eigenvalue weighted by Crippen LogP contribution is 2.15. The number of hydrogen-bond donors (Lipinski definition) is 2. The molecule has 76 valence electrons. The van der Waals surface area contributed by atoms with Crippen LogP contribution in [0.2, 0.25) is 0 Å². The molecule has 1 unspecified atom stereocenters. The van der Waals surface area contributed by atoms with Crippen LogP contribution in [0.1, 0.15) is 17.2 Å². The Morgan fingerprint density at radius 1 is 1.57 bits per heavy atom. The molecule has 1 aromatic rings. The van der Waals surface area contributed by atoms with Crippen molar-refractivity contribution in [3.63, 3.8) is 0 Å². The van der Waals surface area contributed by atoms with Crippen LogP contribution < -0.4 is 11.1 Å². The van der Waals surface area contributed by atoms with Crippen LogP contribution in [0.5, 0.6) is 0 Å². The molecule has 0 fully saturated rings. The van der Waals surface area contributed by atoms with Gasteiger partial charge < -0.3 is 11.1 Å². The fourth-order valence-corrected chi connectivity index (χ4v) is 1.26. The maximum Gasteiger partial charge on any atom is 0.239 e. The molecule has 0 saturated carbocycles. The summed E-state index contributed by atoms with van der Waals surface area (Å²) in [6.07, 6.45) is 0. The number of carbonyl (C=O) groups is 1. The van der Waals surface area contributed by atoms with Crippen LogP contribution in [0.15, 0.2) is 18.2 Å². The normalized spacial score (nSPS) is 12.5. The molecule has 0 spiro atoms. The van der Waals surface area contributed by atoms with E-state index in [1.807, 2.05) is 0 Å². The number of aryl methyl sites for hydroxylation is 1. The monoisotopic (exact) mass is 196 g/mol. The van der Waals surface area contributed by atoms with Gasteiger partial charge in [-0.1, -0.05) is 12.1 Å². The lowest BCUT2D eigenvalue weighted by molar-refractivity contribution is -0.120. The van der Waals surface area contributed by atoms with Gasteiger partial charge in [0.05, 0.1) is 0 Å². The van der Waals surface area contributed by atoms with Gasteiger partial charge in [0, 0.05) is 0 Å². The van der Waals surface area contributed by atoms with Crippen molar-refractivity contribution in [1.29, 1.82) is 0 Å². The quantitative estimate of drug-likeness (QED) is 0.754. The Morgan fingerprint density at radius 3 is 2.64 bits per heavy atom. The zero-order valence-corrected chi connectivity index (χ0v) is 8.17. The molecule has 1 amide bonds. The van der Waals surface area contributed by atoms with Crippen LogP contribution in [-0.2, 0) is 4.79 Å². The molecule has 0 bridgehead atoms. The Balaban J connectivity index is 3.06. The van der Waals surface area contributed by atoms with Gasteiger partial charge >= 0.3 is 0 Å². The first-order valence-electron chi connectivity index (χ1n) is 4.29. The maximum atomic E-state index is 13.2. The van der Waals surface area contributed by atoms with E-state index in [-0.39, 0.29) is 5.82 Å². The van der Waals surface area contributed by atoms with Gasteiger partial charge in [0.2, 0.25) is 5.91 Å². The Kier molecular flexibility index (Phi) is 3.19. The lowest BCUT2D eigenvalue weighted by Crippen LogP contribution is -2.31. The first-order chi connectivity index (χ1) is 6.56. The Morgan fingerprint density at radius 2 is 2.21 bits per heavy atom. The summed E-state index contributed by atoms with van der Waals surface area (Å²) in [5, 5.41) is 2.72. The van der Waals surface area contributed by atoms with E-state index in [1.54, 1.807) is 26.1 Å². The number of halogens is 1. The summed E-state index contributed by atoms with van der Waals surface area (Å²) >= 11 is 0. The number of rotatable bonds is 3. The summed E-state index contributed by atoms with van der Waals surface area (Å²) in [6.45, 7) is 1.66. The summed E-state index contributed by atoms with van der Waals surface area (Å²) in [4.78, 5) is 11.0. The highest BCUT2D eigenvalue weighted by Gasteiger charge is 2.15. The largest absolute Gasteiger partial charge is 0.368 e. The average molecular weight is 196 g/mol. The smallest absolute Gasteiger partial charge is 0.239 e. The van der Waals surface area contributed by atoms with E-state index >= 15 is 0 Å². The van der Waals surface area contributed by atoms with Gasteiger partial charge in [-0.3, -0.25) is 4.79 Å². The van der Waals surface area contributed by atoms with Gasteiger partial charge in [0.1, 0.15) is 11.9 Å². The van der Waals surface area contributed by atoms with Gasteiger partial charge in [-0.2, -0.15) is 0 Å². The van der Waals surface area contributed by atoms with Crippen LogP contribution in [0, 0.1) is 12.7 Å². The third-order valence-corrected chi connectivity index (χ3v) is 2.10. The molecule has 0 heterocycles. The summed E-state index contributed by atoms with van der Waals surface area (Å²) < 4.78 is 13.2. The number of likely N-dealkylation sites (N-methyl/N-ethyl adjacent to an activating group) is 1. The van der Waals surface area contributed by atoms with Crippen molar-refractivity contribution in [2.24, 2.45) is 5.73 Å². The summed E-state index contributed by atoms with van der Waals surface area (Å²) in [5.74, 6) is -0.847. The molecule has 14 heavy (non-hydrogen) atoms. The first-order valence-corrected chi connectivity index (χ1v) is 4.29. The van der Waals surface area contributed by atoms with Crippen LogP contribution in [-0.4, -0.2) is 13.0 Å². The summed E-state index contributed by atoms with van der Waals surface area (Å²) in [5.41, 5.74) is 6.24. The van der Waals surface area contributed by atoms with E-state index in [2.05, 4.69) is 5.32 Å². The third-order valence-electron chi connectivity index (χ3n) is 2.10. The van der Waals surface area contributed by atoms with E-state index in [9.17, 15) is 9.18 Å². The highest BCUT2D eigenvalue weighted by atomic mass is 19.1. The number of benzene rings is 1. The van der Waals surface area contributed by atoms with Crippen molar-refractivity contribution < 1.29 is 9.18 Å². The molecule has 4 heteroatoms. The van der Waals surface area contributed by atoms with Crippen molar-refractivity contribution in [3.8, 4) is 0 Å². The number of amides is 1. The van der Waals surface area contributed by atoms with Crippen molar-refractivity contribution in [1.82, 2.24) is 5.32 Å². The molecule has 3 N–H and O–H groups in total. The molecular formula is C10H13FN2O. The fourth-order valence-electron chi connectivity index (χ4n) is 1.26. The zero-order chi connectivity index (χ0) is 10.7. The molecule has 1 atom stereocenters. The molecule has 0 aliphatic heterocycles. The van der Waals surface area contributed by atoms with Crippen LogP contribution in [0.25, 0.3) is 0 Å². The van der Waals surface area contributed by atoms with E-state index in [1.165, 1.54) is 6.07 Å². The van der Waals surface area contributed by atoms with E-state index < -0.39 is 11.9 Å². The molecular weight excluding hydrogens is 183 g/mol. The lowest BCUT2D eigenvalue weighted by atomic mass is 10.0. The summed E-state index contributed by atoms with van der Waals surface area (Å²) in [7, 11) is 1.60. The van der Waals surface area contributed by atoms with Gasteiger partial charge in [-0.15, -0.1) is 0 Å². The molecule has 0 aliphatic carbocycles. The minimum Gasteiger partial charge on any atom is -0.368 e. The maximum absolute atomic E-state index is 13.2. The van der Waals surface area contributed by atoms with Crippen molar-refractivity contribution >= 4 is 5.91 Å². The second kappa shape index (κ2) is 4.19. The topological polar surface area (TPSA) is 55.1 Å². The van der Waals surface area contributed by atoms with Gasteiger partial charge in [-0.25, -0.2) is 4.39 Å². The molecule has 1 aromatic carbocycles. The lowest BCUT2D eigenvalue weighted by Gasteiger charge is -2.12. The molecule has 0 aromatic heterocycles. The van der Waals surface area contributed by atoms with E-state index in [0.29, 0.717) is 11.1 Å². The molecule has 3 nitrogen and oxygen atoms in total. The predicted molar refractivity (Wildman–Crippen MR) is 52.1 cm³/mol. The molecule has 0 saturated heterocycles. The first kappa shape index (κ1) is 10.7. The SMILES string of the molecule is CNC(C(N)=O)c1ccc(C)c(F)c1. The standard InChI is InChI=1S/C10H13FN2O/c1-6-3-4-7(5-8(6)11)9(13-2)10(12)14/h3-5,9,13H,1-2H3,(H2,12,14). The molecule has 0 radical (unpaired) electrons. The number of primary amides is 1. The van der Waals surface area contributed by atoms with E-state index in [4.69, 9.17) is 5.73 Å². The minimum atomic E-state index is -0.634. The van der Waals surface area contributed by atoms with Crippen molar-refractivity contribution in [2.45, 2.75) is 13.0 Å². The Bertz CT molecular complexity index is 352. The van der Waals surface area contributed by atoms with Gasteiger partial charge in [0.25, 0.3) is 0 Å². The molecule has 0 aliphatic rings. The second-order valence-electron chi connectivity index (χ2n) is 3.13. The number of nitrogens with one attached hydrogen (secondary N) is 1. The van der Waals surface area contributed by atoms with Crippen molar-refractivity contribution in [2.75, 3.05) is 7.05 Å². The zero-order valence-electron chi connectivity index (χ0n) is 8.17. The molecule has 1 rings (SSSR count). The fraction of sp³-hybridized carbons (Fsp3) is 0.300. The van der Waals surface area contributed by atoms with Gasteiger partial charge in [0.15, 0.2) is 0 Å². The van der Waals surface area contributed by atoms with Crippen molar-refractivity contribution in [3.05, 3.63) is 35.1 Å². The van der Waals surface area contributed by atoms with Crippen LogP contribution in [0.4, 0.5) is 4.39 Å². The van der Waals surface area contributed by atoms with Crippen LogP contribution in [0.3, 0.4) is 0 Å². The third kappa shape index (κ3) is 2.09. The number of carbonyl (C=O) groups excluding carboxylic acids is 1. The van der Waals surface area contributed by atoms with E-state index in [0.717, 1.165) is 0 Å². The second-order valence-corrected chi connectivity index (χ2v) is 3.13. The average Bonchev–Trinajstić information content (AvgIpc) is 2.11. The predicted octanol–water partition coefficient (Wildman–Crippen LogP) is 0.880. The summed E-state index contributed by atoms with van der Waals surface area (Å²) in [6, 6.07) is 3.99. The highest BCUT2D eigenvalue weighted by molar-refractivity contribution is 5.81. The Labute approximate surface area is 82.1 Å². The number of hydrogen-bond acceptors (Lipinski definition) is 2. The van der Waals surface area contributed by atoms with Gasteiger partial charge in [-0.05, 0) is 31.2 Å².